The molecule has 1 heterocycles. The Labute approximate surface area is 113 Å². The van der Waals surface area contributed by atoms with Gasteiger partial charge < -0.3 is 0 Å². The van der Waals surface area contributed by atoms with Crippen LogP contribution in [0.2, 0.25) is 0 Å². The molecule has 2 heteroatoms. The molecular weight excluding hydrogens is 238 g/mol. The fourth-order valence-electron chi connectivity index (χ4n) is 5.47. The Morgan fingerprint density at radius 2 is 1.61 bits per heavy atom. The zero-order valence-electron chi connectivity index (χ0n) is 10.9. The third kappa shape index (κ3) is 1.41. The van der Waals surface area contributed by atoms with Crippen molar-refractivity contribution < 1.29 is 0 Å². The van der Waals surface area contributed by atoms with Crippen LogP contribution in [0.25, 0.3) is 0 Å². The SMILES string of the molecule is c1sc(C2CC2)nc1C12CC3CC(CC(C3)C1)C2. The molecule has 5 aliphatic rings. The van der Waals surface area contributed by atoms with Crippen molar-refractivity contribution in [3.05, 3.63) is 16.1 Å². The Balaban J connectivity index is 1.53. The van der Waals surface area contributed by atoms with Crippen LogP contribution in [0, 0.1) is 17.8 Å². The van der Waals surface area contributed by atoms with Crippen LogP contribution in [0.3, 0.4) is 0 Å². The van der Waals surface area contributed by atoms with Crippen molar-refractivity contribution in [1.82, 2.24) is 4.98 Å². The first-order chi connectivity index (χ1) is 8.81. The lowest BCUT2D eigenvalue weighted by molar-refractivity contribution is -0.00698. The quantitative estimate of drug-likeness (QED) is 0.762. The third-order valence-corrected chi connectivity index (χ3v) is 7.04. The van der Waals surface area contributed by atoms with Crippen molar-refractivity contribution in [3.8, 4) is 0 Å². The van der Waals surface area contributed by atoms with E-state index in [1.807, 2.05) is 11.3 Å². The average molecular weight is 259 g/mol. The molecule has 0 saturated heterocycles. The van der Waals surface area contributed by atoms with Crippen molar-refractivity contribution in [1.29, 1.82) is 0 Å². The average Bonchev–Trinajstić information content (AvgIpc) is 3.05. The third-order valence-electron chi connectivity index (χ3n) is 6.03. The van der Waals surface area contributed by atoms with Crippen LogP contribution in [0.1, 0.15) is 68.0 Å². The summed E-state index contributed by atoms with van der Waals surface area (Å²) >= 11 is 1.96. The van der Waals surface area contributed by atoms with Gasteiger partial charge >= 0.3 is 0 Å². The van der Waals surface area contributed by atoms with Gasteiger partial charge in [0.25, 0.3) is 0 Å². The largest absolute Gasteiger partial charge is 0.245 e. The maximum absolute atomic E-state index is 5.08. The van der Waals surface area contributed by atoms with Gasteiger partial charge in [-0.1, -0.05) is 0 Å². The van der Waals surface area contributed by atoms with Crippen molar-refractivity contribution in [3.63, 3.8) is 0 Å². The van der Waals surface area contributed by atoms with Crippen molar-refractivity contribution in [2.24, 2.45) is 17.8 Å². The Morgan fingerprint density at radius 3 is 2.17 bits per heavy atom. The van der Waals surface area contributed by atoms with E-state index in [1.165, 1.54) is 62.1 Å². The van der Waals surface area contributed by atoms with Crippen molar-refractivity contribution in [2.75, 3.05) is 0 Å². The summed E-state index contributed by atoms with van der Waals surface area (Å²) in [5.41, 5.74) is 2.03. The highest BCUT2D eigenvalue weighted by atomic mass is 32.1. The number of nitrogens with zero attached hydrogens (tertiary/aromatic N) is 1. The topological polar surface area (TPSA) is 12.9 Å². The molecule has 6 rings (SSSR count). The van der Waals surface area contributed by atoms with E-state index in [1.54, 1.807) is 0 Å². The molecule has 5 aliphatic carbocycles. The molecule has 18 heavy (non-hydrogen) atoms. The molecule has 5 fully saturated rings. The highest BCUT2D eigenvalue weighted by Gasteiger charge is 2.52. The van der Waals surface area contributed by atoms with Gasteiger partial charge in [0.15, 0.2) is 0 Å². The Bertz CT molecular complexity index is 450. The van der Waals surface area contributed by atoms with E-state index in [2.05, 4.69) is 5.38 Å². The van der Waals surface area contributed by atoms with E-state index < -0.39 is 0 Å². The van der Waals surface area contributed by atoms with E-state index in [0.717, 1.165) is 23.7 Å². The van der Waals surface area contributed by atoms with Gasteiger partial charge in [-0.05, 0) is 69.1 Å². The first kappa shape index (κ1) is 10.4. The lowest BCUT2D eigenvalue weighted by atomic mass is 9.49. The van der Waals surface area contributed by atoms with Gasteiger partial charge in [0.1, 0.15) is 0 Å². The molecule has 0 N–H and O–H groups in total. The second kappa shape index (κ2) is 3.39. The maximum atomic E-state index is 5.08. The van der Waals surface area contributed by atoms with Gasteiger partial charge in [-0.15, -0.1) is 11.3 Å². The summed E-state index contributed by atoms with van der Waals surface area (Å²) in [6.07, 6.45) is 11.8. The molecule has 0 aliphatic heterocycles. The first-order valence-corrected chi connectivity index (χ1v) is 8.65. The fourth-order valence-corrected chi connectivity index (χ4v) is 6.59. The van der Waals surface area contributed by atoms with Gasteiger partial charge in [0.2, 0.25) is 0 Å². The zero-order chi connectivity index (χ0) is 11.7. The summed E-state index contributed by atoms with van der Waals surface area (Å²) in [5.74, 6) is 3.98. The summed E-state index contributed by atoms with van der Waals surface area (Å²) in [6, 6.07) is 0. The summed E-state index contributed by atoms with van der Waals surface area (Å²) in [7, 11) is 0. The number of rotatable bonds is 2. The highest BCUT2D eigenvalue weighted by molar-refractivity contribution is 7.09. The second-order valence-corrected chi connectivity index (χ2v) is 8.43. The maximum Gasteiger partial charge on any atom is 0.0959 e. The van der Waals surface area contributed by atoms with Crippen LogP contribution in [0.4, 0.5) is 0 Å². The van der Waals surface area contributed by atoms with Gasteiger partial charge in [-0.3, -0.25) is 0 Å². The Hall–Kier alpha value is -0.370. The van der Waals surface area contributed by atoms with E-state index in [-0.39, 0.29) is 0 Å². The number of hydrogen-bond donors (Lipinski definition) is 0. The fraction of sp³-hybridized carbons (Fsp3) is 0.812. The first-order valence-electron chi connectivity index (χ1n) is 7.77. The number of hydrogen-bond acceptors (Lipinski definition) is 2. The molecule has 4 bridgehead atoms. The monoisotopic (exact) mass is 259 g/mol. The minimum Gasteiger partial charge on any atom is -0.245 e. The molecule has 96 valence electrons. The molecule has 0 radical (unpaired) electrons. The van der Waals surface area contributed by atoms with Gasteiger partial charge in [-0.2, -0.15) is 0 Å². The molecular formula is C16H21NS. The molecule has 0 spiro atoms. The number of thiazole rings is 1. The molecule has 1 nitrogen and oxygen atoms in total. The van der Waals surface area contributed by atoms with Crippen LogP contribution in [0.5, 0.6) is 0 Å². The van der Waals surface area contributed by atoms with Gasteiger partial charge in [-0.25, -0.2) is 4.98 Å². The predicted octanol–water partition coefficient (Wildman–Crippen LogP) is 4.49. The smallest absolute Gasteiger partial charge is 0.0959 e. The highest BCUT2D eigenvalue weighted by Crippen LogP contribution is 2.61. The normalized spacial score (nSPS) is 45.7. The summed E-state index contributed by atoms with van der Waals surface area (Å²) in [4.78, 5) is 5.08. The molecule has 0 unspecified atom stereocenters. The van der Waals surface area contributed by atoms with Crippen LogP contribution in [-0.4, -0.2) is 4.98 Å². The lowest BCUT2D eigenvalue weighted by Crippen LogP contribution is -2.48. The van der Waals surface area contributed by atoms with Gasteiger partial charge in [0, 0.05) is 16.7 Å². The molecule has 5 saturated carbocycles. The minimum atomic E-state index is 0.526. The lowest BCUT2D eigenvalue weighted by Gasteiger charge is -2.56. The van der Waals surface area contributed by atoms with Gasteiger partial charge in [0.05, 0.1) is 10.7 Å². The van der Waals surface area contributed by atoms with Crippen LogP contribution in [-0.2, 0) is 5.41 Å². The van der Waals surface area contributed by atoms with Crippen LogP contribution < -0.4 is 0 Å². The zero-order valence-corrected chi connectivity index (χ0v) is 11.7. The number of aromatic nitrogens is 1. The molecule has 1 aromatic heterocycles. The Kier molecular flexibility index (Phi) is 1.96. The van der Waals surface area contributed by atoms with Crippen LogP contribution in [0.15, 0.2) is 5.38 Å². The minimum absolute atomic E-state index is 0.526. The van der Waals surface area contributed by atoms with E-state index in [4.69, 9.17) is 4.98 Å². The molecule has 0 amide bonds. The van der Waals surface area contributed by atoms with E-state index in [0.29, 0.717) is 5.41 Å². The molecule has 0 aromatic carbocycles. The summed E-state index contributed by atoms with van der Waals surface area (Å²) in [6.45, 7) is 0. The van der Waals surface area contributed by atoms with Crippen molar-refractivity contribution >= 4 is 11.3 Å². The van der Waals surface area contributed by atoms with Crippen LogP contribution >= 0.6 is 11.3 Å². The summed E-state index contributed by atoms with van der Waals surface area (Å²) < 4.78 is 0. The molecule has 1 aromatic rings. The molecule has 0 atom stereocenters. The predicted molar refractivity (Wildman–Crippen MR) is 73.9 cm³/mol. The van der Waals surface area contributed by atoms with Crippen molar-refractivity contribution in [2.45, 2.75) is 62.7 Å². The second-order valence-electron chi connectivity index (χ2n) is 7.54. The standard InChI is InChI=1S/C16H21NS/c1-2-13(1)15-17-14(9-18-15)16-6-10-3-11(7-16)5-12(4-10)8-16/h9-13H,1-8H2. The van der Waals surface area contributed by atoms with E-state index >= 15 is 0 Å². The van der Waals surface area contributed by atoms with E-state index in [9.17, 15) is 0 Å². The summed E-state index contributed by atoms with van der Waals surface area (Å²) in [5, 5.41) is 3.89. The Morgan fingerprint density at radius 1 is 1.00 bits per heavy atom.